The normalized spacial score (nSPS) is 2.00. The number of hydrogen-bond acceptors (Lipinski definition) is 0. The molecule has 0 aromatic carbocycles. The smallest absolute Gasteiger partial charge is 0 e. The van der Waals surface area contributed by atoms with Gasteiger partial charge in [-0.3, -0.25) is 0 Å². The standard InChI is InChI=1S/2C2H5.Hf.H2O/c2*1-2;;/h2*1H2,2H3;;1H2/q2*-1;;. The molecule has 0 unspecified atom stereocenters. The predicted molar refractivity (Wildman–Crippen MR) is 25.7 cm³/mol. The van der Waals surface area contributed by atoms with E-state index in [-0.39, 0.29) is 31.3 Å². The molecular formula is C4H12HfO-2. The molecular weight excluding hydrogens is 243 g/mol. The van der Waals surface area contributed by atoms with E-state index in [9.17, 15) is 0 Å². The molecule has 0 rings (SSSR count). The molecule has 0 aliphatic rings. The van der Waals surface area contributed by atoms with Crippen LogP contribution in [-0.4, -0.2) is 5.48 Å². The summed E-state index contributed by atoms with van der Waals surface area (Å²) in [5, 5.41) is 0. The summed E-state index contributed by atoms with van der Waals surface area (Å²) in [5.41, 5.74) is 0. The maximum Gasteiger partial charge on any atom is 0 e. The van der Waals surface area contributed by atoms with E-state index in [0.717, 1.165) is 0 Å². The van der Waals surface area contributed by atoms with Gasteiger partial charge in [0.25, 0.3) is 0 Å². The average molecular weight is 255 g/mol. The molecule has 0 bridgehead atoms. The molecule has 6 heavy (non-hydrogen) atoms. The van der Waals surface area contributed by atoms with E-state index in [1.807, 2.05) is 0 Å². The van der Waals surface area contributed by atoms with Crippen molar-refractivity contribution in [1.29, 1.82) is 0 Å². The Labute approximate surface area is 59.2 Å². The molecule has 0 atom stereocenters. The zero-order valence-corrected chi connectivity index (χ0v) is 8.01. The van der Waals surface area contributed by atoms with Crippen LogP contribution in [0.25, 0.3) is 0 Å². The Morgan fingerprint density at radius 3 is 0.833 bits per heavy atom. The van der Waals surface area contributed by atoms with Gasteiger partial charge in [-0.05, 0) is 0 Å². The SMILES string of the molecule is O.[CH2-]C.[CH2-]C.[Hf]. The second-order valence-electron chi connectivity index (χ2n) is 0. The topological polar surface area (TPSA) is 31.5 Å². The van der Waals surface area contributed by atoms with Crippen molar-refractivity contribution in [3.63, 3.8) is 0 Å². The van der Waals surface area contributed by atoms with Crippen LogP contribution in [0.2, 0.25) is 0 Å². The molecule has 1 nitrogen and oxygen atoms in total. The third-order valence-corrected chi connectivity index (χ3v) is 0. The van der Waals surface area contributed by atoms with Gasteiger partial charge in [0.05, 0.1) is 0 Å². The number of hydrogen-bond donors (Lipinski definition) is 0. The fourth-order valence-corrected chi connectivity index (χ4v) is 0. The third kappa shape index (κ3) is 103. The fourth-order valence-electron chi connectivity index (χ4n) is 0. The summed E-state index contributed by atoms with van der Waals surface area (Å²) < 4.78 is 0. The summed E-state index contributed by atoms with van der Waals surface area (Å²) in [6.45, 7) is 10.0. The molecule has 0 heterocycles. The molecule has 0 fully saturated rings. The Balaban J connectivity index is -0.00000000500. The second-order valence-corrected chi connectivity index (χ2v) is 0. The Bertz CT molecular complexity index is 7.51. The van der Waals surface area contributed by atoms with Crippen LogP contribution in [0.5, 0.6) is 0 Å². The van der Waals surface area contributed by atoms with E-state index >= 15 is 0 Å². The van der Waals surface area contributed by atoms with Crippen molar-refractivity contribution in [2.24, 2.45) is 0 Å². The van der Waals surface area contributed by atoms with E-state index < -0.39 is 0 Å². The van der Waals surface area contributed by atoms with Crippen LogP contribution in [0.15, 0.2) is 0 Å². The minimum atomic E-state index is 0. The van der Waals surface area contributed by atoms with Crippen LogP contribution < -0.4 is 0 Å². The van der Waals surface area contributed by atoms with Gasteiger partial charge in [0.15, 0.2) is 0 Å². The zero-order chi connectivity index (χ0) is 4.00. The van der Waals surface area contributed by atoms with Gasteiger partial charge in [-0.2, -0.15) is 13.8 Å². The van der Waals surface area contributed by atoms with Gasteiger partial charge in [-0.25, -0.2) is 0 Å². The van der Waals surface area contributed by atoms with Gasteiger partial charge in [0, 0.05) is 25.8 Å². The van der Waals surface area contributed by atoms with Crippen molar-refractivity contribution < 1.29 is 31.3 Å². The minimum Gasteiger partial charge on any atom is -0.412 e. The molecule has 0 saturated heterocycles. The van der Waals surface area contributed by atoms with Crippen LogP contribution in [-0.2, 0) is 25.8 Å². The van der Waals surface area contributed by atoms with E-state index in [1.165, 1.54) is 0 Å². The van der Waals surface area contributed by atoms with Crippen molar-refractivity contribution in [2.75, 3.05) is 0 Å². The molecule has 2 N–H and O–H groups in total. The number of rotatable bonds is 0. The molecule has 0 radical (unpaired) electrons. The first-order valence-corrected chi connectivity index (χ1v) is 1.41. The van der Waals surface area contributed by atoms with Gasteiger partial charge in [-0.1, -0.05) is 0 Å². The first-order chi connectivity index (χ1) is 2.00. The molecule has 0 aromatic heterocycles. The molecule has 0 spiro atoms. The molecule has 0 aromatic rings. The molecule has 2 heteroatoms. The van der Waals surface area contributed by atoms with Crippen LogP contribution in [0, 0.1) is 13.8 Å². The van der Waals surface area contributed by atoms with Crippen molar-refractivity contribution in [3.05, 3.63) is 13.8 Å². The fraction of sp³-hybridized carbons (Fsp3) is 0.500. The molecule has 0 saturated carbocycles. The van der Waals surface area contributed by atoms with Crippen LogP contribution in [0.1, 0.15) is 13.8 Å². The van der Waals surface area contributed by atoms with Gasteiger partial charge in [-0.15, -0.1) is 0 Å². The Kier molecular flexibility index (Phi) is 954. The average Bonchev–Trinajstić information content (AvgIpc) is 1.50. The Morgan fingerprint density at radius 2 is 0.833 bits per heavy atom. The minimum absolute atomic E-state index is 0. The summed E-state index contributed by atoms with van der Waals surface area (Å²) in [4.78, 5) is 0. The van der Waals surface area contributed by atoms with Gasteiger partial charge < -0.3 is 19.3 Å². The predicted octanol–water partition coefficient (Wildman–Crippen LogP) is 0.854. The third-order valence-electron chi connectivity index (χ3n) is 0. The van der Waals surface area contributed by atoms with Crippen molar-refractivity contribution >= 4 is 0 Å². The monoisotopic (exact) mass is 256 g/mol. The Hall–Kier alpha value is 0.830. The molecule has 0 amide bonds. The first kappa shape index (κ1) is 29.0. The summed E-state index contributed by atoms with van der Waals surface area (Å²) in [6.07, 6.45) is 0. The van der Waals surface area contributed by atoms with Crippen LogP contribution in [0.4, 0.5) is 0 Å². The molecule has 40 valence electrons. The van der Waals surface area contributed by atoms with Crippen molar-refractivity contribution in [2.45, 2.75) is 13.8 Å². The second kappa shape index (κ2) is 197. The molecule has 0 aliphatic carbocycles. The Morgan fingerprint density at radius 1 is 0.833 bits per heavy atom. The molecule has 0 aliphatic heterocycles. The van der Waals surface area contributed by atoms with E-state index in [1.54, 1.807) is 13.8 Å². The maximum absolute atomic E-state index is 3.25. The van der Waals surface area contributed by atoms with Gasteiger partial charge >= 0.3 is 0 Å². The summed E-state index contributed by atoms with van der Waals surface area (Å²) in [7, 11) is 0. The van der Waals surface area contributed by atoms with Crippen LogP contribution in [0.3, 0.4) is 0 Å². The van der Waals surface area contributed by atoms with Gasteiger partial charge in [0.2, 0.25) is 0 Å². The van der Waals surface area contributed by atoms with Crippen molar-refractivity contribution in [3.8, 4) is 0 Å². The van der Waals surface area contributed by atoms with E-state index in [4.69, 9.17) is 0 Å². The maximum atomic E-state index is 3.25. The van der Waals surface area contributed by atoms with E-state index in [0.29, 0.717) is 0 Å². The quantitative estimate of drug-likeness (QED) is 0.454. The largest absolute Gasteiger partial charge is 0.412 e. The summed E-state index contributed by atoms with van der Waals surface area (Å²) >= 11 is 0. The summed E-state index contributed by atoms with van der Waals surface area (Å²) in [5.74, 6) is 0. The zero-order valence-electron chi connectivity index (χ0n) is 4.41. The summed E-state index contributed by atoms with van der Waals surface area (Å²) in [6, 6.07) is 0. The van der Waals surface area contributed by atoms with Crippen molar-refractivity contribution in [1.82, 2.24) is 0 Å². The van der Waals surface area contributed by atoms with Crippen LogP contribution >= 0.6 is 0 Å². The van der Waals surface area contributed by atoms with Gasteiger partial charge in [0.1, 0.15) is 0 Å². The first-order valence-electron chi connectivity index (χ1n) is 1.41. The van der Waals surface area contributed by atoms with E-state index in [2.05, 4.69) is 13.8 Å².